The monoisotopic (exact) mass is 833 g/mol. The molecule has 0 aromatic rings. The van der Waals surface area contributed by atoms with Gasteiger partial charge in [0, 0.05) is 19.3 Å². The van der Waals surface area contributed by atoms with Crippen LogP contribution in [-0.2, 0) is 28.6 Å². The molecule has 6 nitrogen and oxygen atoms in total. The summed E-state index contributed by atoms with van der Waals surface area (Å²) in [6.07, 6.45) is 62.4. The molecule has 0 fully saturated rings. The highest BCUT2D eigenvalue weighted by atomic mass is 16.6. The van der Waals surface area contributed by atoms with E-state index in [0.717, 1.165) is 116 Å². The summed E-state index contributed by atoms with van der Waals surface area (Å²) in [5.41, 5.74) is 0. The fourth-order valence-corrected chi connectivity index (χ4v) is 6.31. The van der Waals surface area contributed by atoms with Crippen LogP contribution >= 0.6 is 0 Å². The third-order valence-electron chi connectivity index (χ3n) is 9.93. The molecule has 1 atom stereocenters. The van der Waals surface area contributed by atoms with Gasteiger partial charge in [-0.25, -0.2) is 0 Å². The van der Waals surface area contributed by atoms with Crippen molar-refractivity contribution in [3.05, 3.63) is 97.2 Å². The Labute approximate surface area is 368 Å². The van der Waals surface area contributed by atoms with Gasteiger partial charge in [-0.05, 0) is 70.6 Å². The molecular formula is C54H88O6. The highest BCUT2D eigenvalue weighted by Crippen LogP contribution is 2.13. The third kappa shape index (κ3) is 45.4. The molecule has 0 saturated carbocycles. The van der Waals surface area contributed by atoms with Gasteiger partial charge >= 0.3 is 17.9 Å². The lowest BCUT2D eigenvalue weighted by molar-refractivity contribution is -0.167. The van der Waals surface area contributed by atoms with Gasteiger partial charge in [0.05, 0.1) is 0 Å². The summed E-state index contributed by atoms with van der Waals surface area (Å²) in [6.45, 7) is 6.36. The van der Waals surface area contributed by atoms with E-state index in [1.807, 2.05) is 36.5 Å². The van der Waals surface area contributed by atoms with Crippen molar-refractivity contribution in [1.29, 1.82) is 0 Å². The first-order valence-corrected chi connectivity index (χ1v) is 24.3. The first-order chi connectivity index (χ1) is 29.5. The molecule has 60 heavy (non-hydrogen) atoms. The minimum atomic E-state index is -0.798. The smallest absolute Gasteiger partial charge is 0.306 e. The fraction of sp³-hybridized carbons (Fsp3) is 0.648. The zero-order valence-electron chi connectivity index (χ0n) is 38.7. The molecule has 340 valence electrons. The second kappa shape index (κ2) is 48.0. The number of unbranched alkanes of at least 4 members (excludes halogenated alkanes) is 19. The van der Waals surface area contributed by atoms with E-state index in [1.165, 1.54) is 51.4 Å². The molecule has 0 aromatic carbocycles. The average Bonchev–Trinajstić information content (AvgIpc) is 3.24. The van der Waals surface area contributed by atoms with Gasteiger partial charge in [0.25, 0.3) is 0 Å². The minimum Gasteiger partial charge on any atom is -0.462 e. The predicted octanol–water partition coefficient (Wildman–Crippen LogP) is 15.8. The lowest BCUT2D eigenvalue weighted by Crippen LogP contribution is -2.30. The Balaban J connectivity index is 4.46. The molecule has 0 saturated heterocycles. The number of hydrogen-bond acceptors (Lipinski definition) is 6. The van der Waals surface area contributed by atoms with Crippen molar-refractivity contribution in [2.24, 2.45) is 0 Å². The maximum Gasteiger partial charge on any atom is 0.306 e. The Morgan fingerprint density at radius 1 is 0.367 bits per heavy atom. The van der Waals surface area contributed by atoms with Gasteiger partial charge in [-0.15, -0.1) is 0 Å². The molecule has 6 heteroatoms. The van der Waals surface area contributed by atoms with Gasteiger partial charge in [-0.1, -0.05) is 214 Å². The molecule has 0 spiro atoms. The van der Waals surface area contributed by atoms with Crippen LogP contribution in [0.3, 0.4) is 0 Å². The minimum absolute atomic E-state index is 0.0954. The zero-order chi connectivity index (χ0) is 43.7. The molecule has 0 aliphatic rings. The van der Waals surface area contributed by atoms with Crippen LogP contribution in [0.1, 0.15) is 207 Å². The summed E-state index contributed by atoms with van der Waals surface area (Å²) >= 11 is 0. The summed E-state index contributed by atoms with van der Waals surface area (Å²) in [5.74, 6) is -0.951. The van der Waals surface area contributed by atoms with Gasteiger partial charge in [0.2, 0.25) is 0 Å². The SMILES string of the molecule is CC/C=C\C/C=C\C/C=C\CCCCCCC(=O)OC(COC(=O)CCCCCCC\C=C/C=C\C=C/C=C\C=C/CCC)COC(=O)CCCCCCCCCCCC. The van der Waals surface area contributed by atoms with Crippen LogP contribution in [0.25, 0.3) is 0 Å². The molecule has 0 aliphatic heterocycles. The fourth-order valence-electron chi connectivity index (χ4n) is 6.31. The van der Waals surface area contributed by atoms with Crippen molar-refractivity contribution in [3.63, 3.8) is 0 Å². The Bertz CT molecular complexity index is 1230. The summed E-state index contributed by atoms with van der Waals surface area (Å²) in [7, 11) is 0. The van der Waals surface area contributed by atoms with E-state index in [1.54, 1.807) is 0 Å². The van der Waals surface area contributed by atoms with E-state index in [9.17, 15) is 14.4 Å². The van der Waals surface area contributed by atoms with Crippen LogP contribution in [0.5, 0.6) is 0 Å². The predicted molar refractivity (Wildman–Crippen MR) is 256 cm³/mol. The number of hydrogen-bond donors (Lipinski definition) is 0. The maximum atomic E-state index is 12.7. The van der Waals surface area contributed by atoms with Crippen molar-refractivity contribution >= 4 is 17.9 Å². The number of ether oxygens (including phenoxy) is 3. The van der Waals surface area contributed by atoms with Gasteiger partial charge in [-0.3, -0.25) is 14.4 Å². The van der Waals surface area contributed by atoms with Crippen LogP contribution in [0.15, 0.2) is 97.2 Å². The van der Waals surface area contributed by atoms with Crippen LogP contribution < -0.4 is 0 Å². The second-order valence-electron chi connectivity index (χ2n) is 15.8. The number of rotatable bonds is 42. The standard InChI is InChI=1S/C54H88O6/c1-4-7-10-13-16-19-22-24-26-27-28-29-31-32-35-38-41-44-47-53(56)59-50-51(49-58-52(55)46-43-40-37-34-21-18-15-12-9-6-3)60-54(57)48-45-42-39-36-33-30-25-23-20-17-14-11-8-5-2/h8,10-11,13,16-17,19-20,22,24-30,51H,4-7,9,12,14-15,18,21,23,31-50H2,1-3H3/b11-8-,13-10-,19-16-,20-17-,24-22-,27-26-,29-28-,30-25-. The van der Waals surface area contributed by atoms with Gasteiger partial charge in [-0.2, -0.15) is 0 Å². The Kier molecular flexibility index (Phi) is 45.1. The van der Waals surface area contributed by atoms with Gasteiger partial charge in [0.1, 0.15) is 13.2 Å². The van der Waals surface area contributed by atoms with Crippen molar-refractivity contribution in [2.75, 3.05) is 13.2 Å². The summed E-state index contributed by atoms with van der Waals surface area (Å²) < 4.78 is 16.7. The quantitative estimate of drug-likeness (QED) is 0.0200. The summed E-state index contributed by atoms with van der Waals surface area (Å²) in [6, 6.07) is 0. The van der Waals surface area contributed by atoms with E-state index in [4.69, 9.17) is 14.2 Å². The van der Waals surface area contributed by atoms with E-state index in [0.29, 0.717) is 19.3 Å². The number of esters is 3. The number of allylic oxidation sites excluding steroid dienone is 16. The Morgan fingerprint density at radius 3 is 1.23 bits per heavy atom. The third-order valence-corrected chi connectivity index (χ3v) is 9.93. The molecule has 0 aliphatic carbocycles. The van der Waals surface area contributed by atoms with Crippen molar-refractivity contribution in [1.82, 2.24) is 0 Å². The molecule has 1 unspecified atom stereocenters. The van der Waals surface area contributed by atoms with Crippen LogP contribution in [0, 0.1) is 0 Å². The van der Waals surface area contributed by atoms with Crippen LogP contribution in [0.4, 0.5) is 0 Å². The van der Waals surface area contributed by atoms with Crippen LogP contribution in [0.2, 0.25) is 0 Å². The van der Waals surface area contributed by atoms with Crippen molar-refractivity contribution < 1.29 is 28.6 Å². The second-order valence-corrected chi connectivity index (χ2v) is 15.8. The largest absolute Gasteiger partial charge is 0.462 e. The maximum absolute atomic E-state index is 12.7. The average molecular weight is 833 g/mol. The van der Waals surface area contributed by atoms with E-state index < -0.39 is 6.10 Å². The van der Waals surface area contributed by atoms with Gasteiger partial charge in [0.15, 0.2) is 6.10 Å². The van der Waals surface area contributed by atoms with Crippen molar-refractivity contribution in [2.45, 2.75) is 213 Å². The van der Waals surface area contributed by atoms with E-state index in [2.05, 4.69) is 81.5 Å². The normalized spacial score (nSPS) is 12.9. The van der Waals surface area contributed by atoms with E-state index in [-0.39, 0.29) is 31.1 Å². The molecule has 0 amide bonds. The first-order valence-electron chi connectivity index (χ1n) is 24.3. The Hall–Kier alpha value is -3.67. The highest BCUT2D eigenvalue weighted by molar-refractivity contribution is 5.71. The molecule has 0 heterocycles. The molecule has 0 N–H and O–H groups in total. The summed E-state index contributed by atoms with van der Waals surface area (Å²) in [5, 5.41) is 0. The molecule has 0 radical (unpaired) electrons. The lowest BCUT2D eigenvalue weighted by Gasteiger charge is -2.18. The van der Waals surface area contributed by atoms with Crippen molar-refractivity contribution in [3.8, 4) is 0 Å². The number of carbonyl (C=O) groups is 3. The van der Waals surface area contributed by atoms with Gasteiger partial charge < -0.3 is 14.2 Å². The molecule has 0 bridgehead atoms. The van der Waals surface area contributed by atoms with Crippen LogP contribution in [-0.4, -0.2) is 37.2 Å². The topological polar surface area (TPSA) is 78.9 Å². The molecular weight excluding hydrogens is 745 g/mol. The molecule has 0 aromatic heterocycles. The lowest BCUT2D eigenvalue weighted by atomic mass is 10.1. The Morgan fingerprint density at radius 2 is 0.750 bits per heavy atom. The van der Waals surface area contributed by atoms with E-state index >= 15 is 0 Å². The number of carbonyl (C=O) groups excluding carboxylic acids is 3. The molecule has 0 rings (SSSR count). The first kappa shape index (κ1) is 56.3. The summed E-state index contributed by atoms with van der Waals surface area (Å²) in [4.78, 5) is 37.8. The highest BCUT2D eigenvalue weighted by Gasteiger charge is 2.19. The zero-order valence-corrected chi connectivity index (χ0v) is 38.7.